The van der Waals surface area contributed by atoms with Crippen molar-refractivity contribution < 1.29 is 18.5 Å². The highest BCUT2D eigenvalue weighted by molar-refractivity contribution is 9.10. The molecule has 0 saturated heterocycles. The third kappa shape index (κ3) is 6.07. The Morgan fingerprint density at radius 2 is 1.88 bits per heavy atom. The molecule has 0 aliphatic rings. The van der Waals surface area contributed by atoms with Crippen LogP contribution in [0.25, 0.3) is 0 Å². The monoisotopic (exact) mass is 437 g/mol. The van der Waals surface area contributed by atoms with E-state index in [1.165, 1.54) is 4.90 Å². The minimum absolute atomic E-state index is 0.292. The van der Waals surface area contributed by atoms with Gasteiger partial charge >= 0.3 is 5.97 Å². The van der Waals surface area contributed by atoms with Crippen LogP contribution in [0.1, 0.15) is 21.5 Å². The predicted molar refractivity (Wildman–Crippen MR) is 105 cm³/mol. The molecule has 0 heterocycles. The molecule has 1 atom stereocenters. The smallest absolute Gasteiger partial charge is 0.338 e. The Hall–Kier alpha value is -1.99. The summed E-state index contributed by atoms with van der Waals surface area (Å²) >= 11 is 3.45. The number of nitrogens with zero attached hydrogens (tertiary/aromatic N) is 1. The van der Waals surface area contributed by atoms with Gasteiger partial charge in [0, 0.05) is 40.9 Å². The minimum Gasteiger partial charge on any atom is -0.452 e. The summed E-state index contributed by atoms with van der Waals surface area (Å²) < 4.78 is 17.3. The summed E-state index contributed by atoms with van der Waals surface area (Å²) in [5.74, 6) is -0.495. The first-order chi connectivity index (χ1) is 12.4. The number of carbonyl (C=O) groups is 2. The Bertz CT molecular complexity index is 825. The van der Waals surface area contributed by atoms with Gasteiger partial charge < -0.3 is 9.64 Å². The number of halogens is 1. The lowest BCUT2D eigenvalue weighted by atomic mass is 10.1. The van der Waals surface area contributed by atoms with Crippen LogP contribution >= 0.6 is 15.9 Å². The number of benzene rings is 2. The Kier molecular flexibility index (Phi) is 7.53. The lowest BCUT2D eigenvalue weighted by Crippen LogP contribution is -2.31. The van der Waals surface area contributed by atoms with Gasteiger partial charge in [0.2, 0.25) is 0 Å². The van der Waals surface area contributed by atoms with Gasteiger partial charge in [0.05, 0.1) is 5.56 Å². The van der Waals surface area contributed by atoms with E-state index >= 15 is 0 Å². The molecule has 0 spiro atoms. The lowest BCUT2D eigenvalue weighted by molar-refractivity contribution is -0.133. The predicted octanol–water partition coefficient (Wildman–Crippen LogP) is 3.14. The Morgan fingerprint density at radius 1 is 1.15 bits per heavy atom. The van der Waals surface area contributed by atoms with Gasteiger partial charge in [-0.05, 0) is 29.3 Å². The number of esters is 1. The van der Waals surface area contributed by atoms with E-state index in [0.717, 1.165) is 15.6 Å². The Balaban J connectivity index is 1.91. The van der Waals surface area contributed by atoms with Gasteiger partial charge in [0.25, 0.3) is 5.91 Å². The molecular formula is C19H20BrNO4S. The zero-order valence-corrected chi connectivity index (χ0v) is 17.0. The minimum atomic E-state index is -0.994. The Labute approximate surface area is 163 Å². The quantitative estimate of drug-likeness (QED) is 0.624. The van der Waals surface area contributed by atoms with Crippen LogP contribution in [-0.4, -0.2) is 40.9 Å². The normalized spacial score (nSPS) is 11.7. The molecule has 26 heavy (non-hydrogen) atoms. The average Bonchev–Trinajstić information content (AvgIpc) is 2.61. The topological polar surface area (TPSA) is 63.7 Å². The number of carbonyl (C=O) groups excluding carboxylic acids is 2. The van der Waals surface area contributed by atoms with Crippen LogP contribution in [0.5, 0.6) is 0 Å². The first kappa shape index (κ1) is 20.3. The number of ether oxygens (including phenoxy) is 1. The van der Waals surface area contributed by atoms with Crippen LogP contribution in [0.15, 0.2) is 53.0 Å². The van der Waals surface area contributed by atoms with Crippen LogP contribution in [0.4, 0.5) is 0 Å². The summed E-state index contributed by atoms with van der Waals surface area (Å²) in [4.78, 5) is 25.8. The first-order valence-electron chi connectivity index (χ1n) is 7.90. The molecule has 0 bridgehead atoms. The molecular weight excluding hydrogens is 418 g/mol. The molecule has 2 aromatic rings. The second-order valence-corrected chi connectivity index (χ2v) is 8.12. The molecule has 0 radical (unpaired) electrons. The van der Waals surface area contributed by atoms with E-state index in [9.17, 15) is 13.8 Å². The second kappa shape index (κ2) is 9.64. The zero-order chi connectivity index (χ0) is 19.1. The highest BCUT2D eigenvalue weighted by atomic mass is 79.9. The molecule has 0 N–H and O–H groups in total. The van der Waals surface area contributed by atoms with Crippen molar-refractivity contribution in [2.24, 2.45) is 0 Å². The van der Waals surface area contributed by atoms with Crippen molar-refractivity contribution in [3.63, 3.8) is 0 Å². The van der Waals surface area contributed by atoms with E-state index in [2.05, 4.69) is 15.9 Å². The maximum Gasteiger partial charge on any atom is 0.338 e. The summed E-state index contributed by atoms with van der Waals surface area (Å²) in [7, 11) is 0.666. The molecule has 7 heteroatoms. The maximum absolute atomic E-state index is 12.2. The summed E-state index contributed by atoms with van der Waals surface area (Å²) in [6, 6.07) is 14.4. The number of likely N-dealkylation sites (N-methyl/N-ethyl adjacent to an activating group) is 1. The van der Waals surface area contributed by atoms with Crippen molar-refractivity contribution in [1.29, 1.82) is 0 Å². The van der Waals surface area contributed by atoms with Gasteiger partial charge in [-0.3, -0.25) is 9.00 Å². The molecule has 2 aromatic carbocycles. The number of rotatable bonds is 7. The van der Waals surface area contributed by atoms with E-state index in [0.29, 0.717) is 17.9 Å². The standard InChI is InChI=1S/C19H20BrNO4S/c1-21(11-16-7-3-4-9-17(16)20)18(22)12-25-19(23)15-8-5-6-14(10-15)13-26(2)24/h3-10H,11-13H2,1-2H3. The molecule has 138 valence electrons. The molecule has 0 aliphatic carbocycles. The van der Waals surface area contributed by atoms with Crippen molar-refractivity contribution in [1.82, 2.24) is 4.90 Å². The van der Waals surface area contributed by atoms with Gasteiger partial charge in [-0.1, -0.05) is 46.3 Å². The summed E-state index contributed by atoms with van der Waals surface area (Å²) in [5, 5.41) is 0. The highest BCUT2D eigenvalue weighted by Gasteiger charge is 2.15. The summed E-state index contributed by atoms with van der Waals surface area (Å²) in [5.41, 5.74) is 2.10. The summed E-state index contributed by atoms with van der Waals surface area (Å²) in [6.07, 6.45) is 1.60. The SMILES string of the molecule is CN(Cc1ccccc1Br)C(=O)COC(=O)c1cccc(CS(C)=O)c1. The fraction of sp³-hybridized carbons (Fsp3) is 0.263. The van der Waals surface area contributed by atoms with Crippen molar-refractivity contribution in [2.75, 3.05) is 19.9 Å². The van der Waals surface area contributed by atoms with Crippen LogP contribution in [0, 0.1) is 0 Å². The molecule has 1 unspecified atom stereocenters. The van der Waals surface area contributed by atoms with Crippen LogP contribution in [0.2, 0.25) is 0 Å². The van der Waals surface area contributed by atoms with Crippen molar-refractivity contribution >= 4 is 38.6 Å². The van der Waals surface area contributed by atoms with Gasteiger partial charge in [-0.25, -0.2) is 4.79 Å². The number of hydrogen-bond donors (Lipinski definition) is 0. The number of hydrogen-bond acceptors (Lipinski definition) is 4. The van der Waals surface area contributed by atoms with E-state index in [1.807, 2.05) is 24.3 Å². The molecule has 0 saturated carbocycles. The highest BCUT2D eigenvalue weighted by Crippen LogP contribution is 2.17. The average molecular weight is 438 g/mol. The first-order valence-corrected chi connectivity index (χ1v) is 10.4. The maximum atomic E-state index is 12.2. The third-order valence-corrected chi connectivity index (χ3v) is 5.16. The fourth-order valence-corrected chi connectivity index (χ4v) is 3.37. The largest absolute Gasteiger partial charge is 0.452 e. The van der Waals surface area contributed by atoms with E-state index in [4.69, 9.17) is 4.74 Å². The lowest BCUT2D eigenvalue weighted by Gasteiger charge is -2.18. The van der Waals surface area contributed by atoms with E-state index in [-0.39, 0.29) is 12.5 Å². The molecule has 1 amide bonds. The Morgan fingerprint density at radius 3 is 2.58 bits per heavy atom. The van der Waals surface area contributed by atoms with Crippen LogP contribution in [-0.2, 0) is 32.6 Å². The van der Waals surface area contributed by atoms with Gasteiger partial charge in [-0.15, -0.1) is 0 Å². The summed E-state index contributed by atoms with van der Waals surface area (Å²) in [6.45, 7) is 0.0827. The van der Waals surface area contributed by atoms with E-state index in [1.54, 1.807) is 37.6 Å². The van der Waals surface area contributed by atoms with Crippen molar-refractivity contribution in [2.45, 2.75) is 12.3 Å². The van der Waals surface area contributed by atoms with Gasteiger partial charge in [0.15, 0.2) is 6.61 Å². The molecule has 0 fully saturated rings. The molecule has 0 aliphatic heterocycles. The van der Waals surface area contributed by atoms with Crippen molar-refractivity contribution in [3.05, 3.63) is 69.7 Å². The van der Waals surface area contributed by atoms with Gasteiger partial charge in [0.1, 0.15) is 0 Å². The molecule has 2 rings (SSSR count). The number of amides is 1. The zero-order valence-electron chi connectivity index (χ0n) is 14.6. The fourth-order valence-electron chi connectivity index (χ4n) is 2.31. The van der Waals surface area contributed by atoms with Crippen LogP contribution in [0.3, 0.4) is 0 Å². The van der Waals surface area contributed by atoms with E-state index < -0.39 is 16.8 Å². The van der Waals surface area contributed by atoms with Gasteiger partial charge in [-0.2, -0.15) is 0 Å². The van der Waals surface area contributed by atoms with Crippen molar-refractivity contribution in [3.8, 4) is 0 Å². The third-order valence-electron chi connectivity index (χ3n) is 3.65. The molecule has 0 aromatic heterocycles. The van der Waals surface area contributed by atoms with Crippen LogP contribution < -0.4 is 0 Å². The second-order valence-electron chi connectivity index (χ2n) is 5.84. The molecule has 5 nitrogen and oxygen atoms in total.